The Morgan fingerprint density at radius 3 is 2.60 bits per heavy atom. The molecule has 3 N–H and O–H groups in total. The highest BCUT2D eigenvalue weighted by atomic mass is 79.9. The summed E-state index contributed by atoms with van der Waals surface area (Å²) in [5.41, 5.74) is 0.490. The fourth-order valence-corrected chi connectivity index (χ4v) is 1.99. The van der Waals surface area contributed by atoms with E-state index in [2.05, 4.69) is 26.6 Å². The van der Waals surface area contributed by atoms with E-state index < -0.39 is 18.0 Å². The maximum atomic E-state index is 11.8. The van der Waals surface area contributed by atoms with Crippen molar-refractivity contribution in [2.45, 2.75) is 26.3 Å². The second kappa shape index (κ2) is 7.50. The number of amides is 2. The minimum absolute atomic E-state index is 0.160. The summed E-state index contributed by atoms with van der Waals surface area (Å²) in [5.74, 6) is -1.21. The minimum atomic E-state index is -1.05. The van der Waals surface area contributed by atoms with Gasteiger partial charge in [0.15, 0.2) is 0 Å². The molecular weight excluding hydrogens is 348 g/mol. The molecule has 0 radical (unpaired) electrons. The van der Waals surface area contributed by atoms with Crippen LogP contribution in [0.1, 0.15) is 20.3 Å². The minimum Gasteiger partial charge on any atom is -0.480 e. The molecule has 5 nitrogen and oxygen atoms in total. The van der Waals surface area contributed by atoms with E-state index in [-0.39, 0.29) is 5.92 Å². The smallest absolute Gasteiger partial charge is 0.326 e. The van der Waals surface area contributed by atoms with Crippen LogP contribution >= 0.6 is 27.5 Å². The van der Waals surface area contributed by atoms with Gasteiger partial charge in [-0.2, -0.15) is 0 Å². The van der Waals surface area contributed by atoms with Gasteiger partial charge in [-0.25, -0.2) is 9.59 Å². The van der Waals surface area contributed by atoms with Crippen LogP contribution in [0.5, 0.6) is 0 Å². The molecule has 0 heterocycles. The van der Waals surface area contributed by atoms with Crippen LogP contribution in [0.15, 0.2) is 22.7 Å². The van der Waals surface area contributed by atoms with Gasteiger partial charge in [-0.15, -0.1) is 0 Å². The predicted molar refractivity (Wildman–Crippen MR) is 82.2 cm³/mol. The first-order valence-corrected chi connectivity index (χ1v) is 7.27. The van der Waals surface area contributed by atoms with E-state index in [0.29, 0.717) is 21.6 Å². The maximum Gasteiger partial charge on any atom is 0.326 e. The number of anilines is 1. The monoisotopic (exact) mass is 362 g/mol. The number of carbonyl (C=O) groups excluding carboxylic acids is 1. The number of carboxylic acids is 1. The van der Waals surface area contributed by atoms with Gasteiger partial charge in [0.1, 0.15) is 6.04 Å². The third kappa shape index (κ3) is 4.68. The Bertz CT molecular complexity index is 510. The number of carbonyl (C=O) groups is 2. The van der Waals surface area contributed by atoms with Gasteiger partial charge in [0, 0.05) is 10.2 Å². The Morgan fingerprint density at radius 2 is 2.10 bits per heavy atom. The summed E-state index contributed by atoms with van der Waals surface area (Å²) in [6, 6.07) is 3.43. The molecule has 7 heteroatoms. The number of urea groups is 1. The molecule has 0 aromatic heterocycles. The lowest BCUT2D eigenvalue weighted by Crippen LogP contribution is -2.46. The van der Waals surface area contributed by atoms with Crippen molar-refractivity contribution in [2.24, 2.45) is 5.92 Å². The van der Waals surface area contributed by atoms with Gasteiger partial charge in [-0.3, -0.25) is 0 Å². The quantitative estimate of drug-likeness (QED) is 0.746. The van der Waals surface area contributed by atoms with Crippen LogP contribution in [0.2, 0.25) is 5.02 Å². The third-order valence-corrected chi connectivity index (χ3v) is 4.18. The van der Waals surface area contributed by atoms with E-state index >= 15 is 0 Å². The number of benzene rings is 1. The molecule has 1 aromatic rings. The first-order chi connectivity index (χ1) is 9.35. The van der Waals surface area contributed by atoms with E-state index in [1.165, 1.54) is 0 Å². The second-order valence-corrected chi connectivity index (χ2v) is 5.69. The predicted octanol–water partition coefficient (Wildman–Crippen LogP) is 3.72. The zero-order valence-corrected chi connectivity index (χ0v) is 13.5. The Hall–Kier alpha value is -1.27. The molecule has 0 aliphatic rings. The Morgan fingerprint density at radius 1 is 1.45 bits per heavy atom. The zero-order chi connectivity index (χ0) is 15.3. The van der Waals surface area contributed by atoms with Crippen molar-refractivity contribution in [1.82, 2.24) is 5.32 Å². The fourth-order valence-electron chi connectivity index (χ4n) is 1.57. The normalized spacial score (nSPS) is 13.4. The average molecular weight is 364 g/mol. The van der Waals surface area contributed by atoms with Crippen molar-refractivity contribution in [3.05, 3.63) is 27.7 Å². The van der Waals surface area contributed by atoms with Gasteiger partial charge < -0.3 is 15.7 Å². The molecule has 2 unspecified atom stereocenters. The summed E-state index contributed by atoms with van der Waals surface area (Å²) in [5, 5.41) is 14.6. The molecule has 2 amide bonds. The summed E-state index contributed by atoms with van der Waals surface area (Å²) < 4.78 is 0.716. The molecule has 2 atom stereocenters. The van der Waals surface area contributed by atoms with Crippen molar-refractivity contribution in [3.8, 4) is 0 Å². The van der Waals surface area contributed by atoms with E-state index in [0.717, 1.165) is 0 Å². The SMILES string of the molecule is CCC(C)C(NC(=O)Nc1ccc(Br)c(Cl)c1)C(=O)O. The number of nitrogens with one attached hydrogen (secondary N) is 2. The highest BCUT2D eigenvalue weighted by Gasteiger charge is 2.25. The van der Waals surface area contributed by atoms with Crippen LogP contribution in [0.25, 0.3) is 0 Å². The van der Waals surface area contributed by atoms with E-state index in [1.54, 1.807) is 25.1 Å². The first-order valence-electron chi connectivity index (χ1n) is 6.10. The summed E-state index contributed by atoms with van der Waals surface area (Å²) in [6.07, 6.45) is 0.654. The average Bonchev–Trinajstić information content (AvgIpc) is 2.39. The molecule has 0 saturated carbocycles. The number of rotatable bonds is 5. The van der Waals surface area contributed by atoms with Crippen molar-refractivity contribution >= 4 is 45.2 Å². The molecule has 0 aliphatic carbocycles. The highest BCUT2D eigenvalue weighted by molar-refractivity contribution is 9.10. The van der Waals surface area contributed by atoms with Gasteiger partial charge in [0.05, 0.1) is 5.02 Å². The summed E-state index contributed by atoms with van der Waals surface area (Å²) in [4.78, 5) is 22.9. The van der Waals surface area contributed by atoms with Crippen LogP contribution in [-0.2, 0) is 4.79 Å². The van der Waals surface area contributed by atoms with Crippen LogP contribution in [-0.4, -0.2) is 23.1 Å². The maximum absolute atomic E-state index is 11.8. The zero-order valence-electron chi connectivity index (χ0n) is 11.1. The van der Waals surface area contributed by atoms with E-state index in [4.69, 9.17) is 16.7 Å². The number of carboxylic acid groups (broad SMARTS) is 1. The molecule has 0 bridgehead atoms. The van der Waals surface area contributed by atoms with Crippen LogP contribution < -0.4 is 10.6 Å². The van der Waals surface area contributed by atoms with Crippen LogP contribution in [0, 0.1) is 5.92 Å². The Labute approximate surface area is 130 Å². The molecule has 0 aliphatic heterocycles. The van der Waals surface area contributed by atoms with Crippen molar-refractivity contribution in [2.75, 3.05) is 5.32 Å². The summed E-state index contributed by atoms with van der Waals surface area (Å²) in [7, 11) is 0. The largest absolute Gasteiger partial charge is 0.480 e. The van der Waals surface area contributed by atoms with Gasteiger partial charge >= 0.3 is 12.0 Å². The number of hydrogen-bond donors (Lipinski definition) is 3. The lowest BCUT2D eigenvalue weighted by Gasteiger charge is -2.20. The topological polar surface area (TPSA) is 78.4 Å². The molecular formula is C13H16BrClN2O3. The summed E-state index contributed by atoms with van der Waals surface area (Å²) in [6.45, 7) is 3.64. The van der Waals surface area contributed by atoms with Gasteiger partial charge in [0.25, 0.3) is 0 Å². The standard InChI is InChI=1S/C13H16BrClN2O3/c1-3-7(2)11(12(18)19)17-13(20)16-8-4-5-9(14)10(15)6-8/h4-7,11H,3H2,1-2H3,(H,18,19)(H2,16,17,20). The molecule has 0 spiro atoms. The Balaban J connectivity index is 2.70. The lowest BCUT2D eigenvalue weighted by molar-refractivity contribution is -0.140. The van der Waals surface area contributed by atoms with Crippen molar-refractivity contribution < 1.29 is 14.7 Å². The van der Waals surface area contributed by atoms with Crippen LogP contribution in [0.3, 0.4) is 0 Å². The number of hydrogen-bond acceptors (Lipinski definition) is 2. The highest BCUT2D eigenvalue weighted by Crippen LogP contribution is 2.25. The van der Waals surface area contributed by atoms with Gasteiger partial charge in [-0.05, 0) is 40.0 Å². The van der Waals surface area contributed by atoms with Gasteiger partial charge in [0.2, 0.25) is 0 Å². The Kier molecular flexibility index (Phi) is 6.29. The van der Waals surface area contributed by atoms with Crippen LogP contribution in [0.4, 0.5) is 10.5 Å². The lowest BCUT2D eigenvalue weighted by atomic mass is 9.99. The molecule has 1 aromatic carbocycles. The second-order valence-electron chi connectivity index (χ2n) is 4.43. The third-order valence-electron chi connectivity index (χ3n) is 2.94. The van der Waals surface area contributed by atoms with Gasteiger partial charge in [-0.1, -0.05) is 31.9 Å². The van der Waals surface area contributed by atoms with Crippen molar-refractivity contribution in [3.63, 3.8) is 0 Å². The molecule has 0 fully saturated rings. The summed E-state index contributed by atoms with van der Waals surface area (Å²) >= 11 is 9.16. The van der Waals surface area contributed by atoms with Crippen molar-refractivity contribution in [1.29, 1.82) is 0 Å². The molecule has 1 rings (SSSR count). The molecule has 110 valence electrons. The van der Waals surface area contributed by atoms with E-state index in [1.807, 2.05) is 6.92 Å². The number of aliphatic carboxylic acids is 1. The molecule has 0 saturated heterocycles. The number of halogens is 2. The molecule has 20 heavy (non-hydrogen) atoms. The first kappa shape index (κ1) is 16.8. The fraction of sp³-hybridized carbons (Fsp3) is 0.385. The van der Waals surface area contributed by atoms with E-state index in [9.17, 15) is 9.59 Å².